The number of aromatic nitrogens is 1. The van der Waals surface area contributed by atoms with Crippen molar-refractivity contribution in [2.24, 2.45) is 5.92 Å². The predicted molar refractivity (Wildman–Crippen MR) is 103 cm³/mol. The molecule has 132 valence electrons. The largest absolute Gasteiger partial charge is 0.381 e. The summed E-state index contributed by atoms with van der Waals surface area (Å²) in [6.45, 7) is 2.18. The number of pyridine rings is 1. The van der Waals surface area contributed by atoms with E-state index in [-0.39, 0.29) is 5.91 Å². The van der Waals surface area contributed by atoms with E-state index in [0.29, 0.717) is 23.7 Å². The van der Waals surface area contributed by atoms with E-state index in [0.717, 1.165) is 28.3 Å². The zero-order valence-corrected chi connectivity index (χ0v) is 16.3. The first-order valence-electron chi connectivity index (χ1n) is 8.47. The summed E-state index contributed by atoms with van der Waals surface area (Å²) >= 11 is 4.92. The van der Waals surface area contributed by atoms with E-state index in [4.69, 9.17) is 4.74 Å². The van der Waals surface area contributed by atoms with Crippen molar-refractivity contribution in [3.63, 3.8) is 0 Å². The third-order valence-electron chi connectivity index (χ3n) is 3.85. The van der Waals surface area contributed by atoms with E-state index in [9.17, 15) is 4.79 Å². The van der Waals surface area contributed by atoms with Crippen LogP contribution in [0.15, 0.2) is 57.0 Å². The molecule has 25 heavy (non-hydrogen) atoms. The van der Waals surface area contributed by atoms with Crippen molar-refractivity contribution < 1.29 is 9.53 Å². The maximum Gasteiger partial charge on any atom is 0.254 e. The quantitative estimate of drug-likeness (QED) is 0.604. The molecular weight excluding hydrogens is 400 g/mol. The van der Waals surface area contributed by atoms with E-state index < -0.39 is 0 Å². The normalized spacial score (nSPS) is 13.6. The predicted octanol–water partition coefficient (Wildman–Crippen LogP) is 4.54. The van der Waals surface area contributed by atoms with Crippen LogP contribution >= 0.6 is 27.7 Å². The van der Waals surface area contributed by atoms with E-state index >= 15 is 0 Å². The van der Waals surface area contributed by atoms with E-state index in [1.165, 1.54) is 24.6 Å². The summed E-state index contributed by atoms with van der Waals surface area (Å²) in [5.41, 5.74) is 0.606. The molecule has 1 fully saturated rings. The molecule has 0 atom stereocenters. The van der Waals surface area contributed by atoms with Gasteiger partial charge in [-0.3, -0.25) is 4.79 Å². The van der Waals surface area contributed by atoms with Crippen LogP contribution < -0.4 is 5.32 Å². The number of rotatable bonds is 9. The number of nitrogens with zero attached hydrogens (tertiary/aromatic N) is 1. The molecule has 1 aromatic heterocycles. The van der Waals surface area contributed by atoms with Crippen LogP contribution in [-0.4, -0.2) is 30.6 Å². The van der Waals surface area contributed by atoms with Crippen LogP contribution in [0, 0.1) is 5.92 Å². The molecular formula is C19H21BrN2O2S. The van der Waals surface area contributed by atoms with Crippen LogP contribution in [0.4, 0.5) is 0 Å². The summed E-state index contributed by atoms with van der Waals surface area (Å²) in [4.78, 5) is 17.9. The summed E-state index contributed by atoms with van der Waals surface area (Å²) in [6.07, 6.45) is 5.14. The van der Waals surface area contributed by atoms with Crippen LogP contribution in [0.25, 0.3) is 0 Å². The first-order valence-corrected chi connectivity index (χ1v) is 10.1. The van der Waals surface area contributed by atoms with Crippen LogP contribution in [-0.2, 0) is 4.74 Å². The minimum Gasteiger partial charge on any atom is -0.381 e. The Hall–Kier alpha value is -1.37. The Balaban J connectivity index is 1.50. The maximum atomic E-state index is 12.4. The first kappa shape index (κ1) is 18.4. The average molecular weight is 421 g/mol. The molecule has 1 aromatic carbocycles. The zero-order chi connectivity index (χ0) is 17.5. The monoisotopic (exact) mass is 420 g/mol. The number of carbonyl (C=O) groups excluding carboxylic acids is 1. The SMILES string of the molecule is O=C(NCCCOCC1CC1)c1cccnc1Sc1ccc(Br)cc1. The summed E-state index contributed by atoms with van der Waals surface area (Å²) in [7, 11) is 0. The molecule has 0 bridgehead atoms. The fourth-order valence-corrected chi connectivity index (χ4v) is 3.41. The van der Waals surface area contributed by atoms with Gasteiger partial charge in [-0.05, 0) is 61.6 Å². The third-order valence-corrected chi connectivity index (χ3v) is 5.40. The molecule has 3 rings (SSSR count). The van der Waals surface area contributed by atoms with Crippen molar-refractivity contribution in [2.45, 2.75) is 29.2 Å². The van der Waals surface area contributed by atoms with Gasteiger partial charge in [0, 0.05) is 35.3 Å². The second-order valence-corrected chi connectivity index (χ2v) is 8.02. The van der Waals surface area contributed by atoms with Gasteiger partial charge in [0.25, 0.3) is 5.91 Å². The summed E-state index contributed by atoms with van der Waals surface area (Å²) < 4.78 is 6.61. The van der Waals surface area contributed by atoms with Crippen LogP contribution in [0.5, 0.6) is 0 Å². The third kappa shape index (κ3) is 6.13. The van der Waals surface area contributed by atoms with Gasteiger partial charge in [-0.1, -0.05) is 27.7 Å². The Morgan fingerprint density at radius 3 is 2.84 bits per heavy atom. The Kier molecular flexibility index (Phi) is 6.90. The van der Waals surface area contributed by atoms with E-state index in [1.807, 2.05) is 30.3 Å². The van der Waals surface area contributed by atoms with Gasteiger partial charge in [0.2, 0.25) is 0 Å². The second-order valence-electron chi connectivity index (χ2n) is 6.04. The molecule has 6 heteroatoms. The zero-order valence-electron chi connectivity index (χ0n) is 13.9. The van der Waals surface area contributed by atoms with Crippen molar-refractivity contribution in [1.29, 1.82) is 0 Å². The molecule has 1 saturated carbocycles. The Morgan fingerprint density at radius 1 is 1.28 bits per heavy atom. The minimum atomic E-state index is -0.0881. The highest BCUT2D eigenvalue weighted by Gasteiger charge is 2.20. The van der Waals surface area contributed by atoms with Gasteiger partial charge < -0.3 is 10.1 Å². The van der Waals surface area contributed by atoms with E-state index in [1.54, 1.807) is 12.3 Å². The molecule has 0 aliphatic heterocycles. The molecule has 0 radical (unpaired) electrons. The summed E-state index contributed by atoms with van der Waals surface area (Å²) in [5, 5.41) is 3.67. The number of amides is 1. The fourth-order valence-electron chi connectivity index (χ4n) is 2.27. The number of ether oxygens (including phenoxy) is 1. The number of halogens is 1. The topological polar surface area (TPSA) is 51.2 Å². The van der Waals surface area contributed by atoms with Crippen LogP contribution in [0.2, 0.25) is 0 Å². The molecule has 1 N–H and O–H groups in total. The lowest BCUT2D eigenvalue weighted by atomic mass is 10.2. The van der Waals surface area contributed by atoms with Gasteiger partial charge >= 0.3 is 0 Å². The number of nitrogens with one attached hydrogen (secondary N) is 1. The highest BCUT2D eigenvalue weighted by atomic mass is 79.9. The van der Waals surface area contributed by atoms with Crippen LogP contribution in [0.3, 0.4) is 0 Å². The Bertz CT molecular complexity index is 705. The van der Waals surface area contributed by atoms with Gasteiger partial charge in [0.05, 0.1) is 5.56 Å². The molecule has 1 amide bonds. The van der Waals surface area contributed by atoms with Crippen molar-refractivity contribution in [3.8, 4) is 0 Å². The number of carbonyl (C=O) groups is 1. The van der Waals surface area contributed by atoms with Crippen molar-refractivity contribution in [2.75, 3.05) is 19.8 Å². The van der Waals surface area contributed by atoms with Gasteiger partial charge in [-0.15, -0.1) is 0 Å². The lowest BCUT2D eigenvalue weighted by molar-refractivity contribution is 0.0934. The molecule has 1 heterocycles. The van der Waals surface area contributed by atoms with Crippen molar-refractivity contribution in [1.82, 2.24) is 10.3 Å². The molecule has 0 unspecified atom stereocenters. The minimum absolute atomic E-state index is 0.0881. The second kappa shape index (κ2) is 9.36. The lowest BCUT2D eigenvalue weighted by Gasteiger charge is -2.09. The number of hydrogen-bond donors (Lipinski definition) is 1. The summed E-state index contributed by atoms with van der Waals surface area (Å²) in [5.74, 6) is 0.693. The van der Waals surface area contributed by atoms with Gasteiger partial charge in [-0.25, -0.2) is 4.98 Å². The van der Waals surface area contributed by atoms with Gasteiger partial charge in [0.1, 0.15) is 5.03 Å². The maximum absolute atomic E-state index is 12.4. The Labute approximate surface area is 160 Å². The standard InChI is InChI=1S/C19H21BrN2O2S/c20-15-6-8-16(9-7-15)25-19-17(3-1-10-22-19)18(23)21-11-2-12-24-13-14-4-5-14/h1,3,6-10,14H,2,4-5,11-13H2,(H,21,23). The highest BCUT2D eigenvalue weighted by molar-refractivity contribution is 9.10. The molecule has 0 spiro atoms. The van der Waals surface area contributed by atoms with Gasteiger partial charge in [-0.2, -0.15) is 0 Å². The fraction of sp³-hybridized carbons (Fsp3) is 0.368. The number of hydrogen-bond acceptors (Lipinski definition) is 4. The summed E-state index contributed by atoms with van der Waals surface area (Å²) in [6, 6.07) is 11.6. The van der Waals surface area contributed by atoms with Crippen molar-refractivity contribution >= 4 is 33.6 Å². The smallest absolute Gasteiger partial charge is 0.254 e. The first-order chi connectivity index (χ1) is 12.2. The van der Waals surface area contributed by atoms with E-state index in [2.05, 4.69) is 26.2 Å². The highest BCUT2D eigenvalue weighted by Crippen LogP contribution is 2.30. The number of benzene rings is 1. The molecule has 4 nitrogen and oxygen atoms in total. The van der Waals surface area contributed by atoms with Crippen LogP contribution in [0.1, 0.15) is 29.6 Å². The molecule has 0 saturated heterocycles. The van der Waals surface area contributed by atoms with Crippen molar-refractivity contribution in [3.05, 3.63) is 52.6 Å². The Morgan fingerprint density at radius 2 is 2.08 bits per heavy atom. The molecule has 2 aromatic rings. The lowest BCUT2D eigenvalue weighted by Crippen LogP contribution is -2.26. The van der Waals surface area contributed by atoms with Gasteiger partial charge in [0.15, 0.2) is 0 Å². The molecule has 1 aliphatic carbocycles. The molecule has 1 aliphatic rings. The average Bonchev–Trinajstić information content (AvgIpc) is 3.44.